The van der Waals surface area contributed by atoms with Gasteiger partial charge in [0.15, 0.2) is 0 Å². The van der Waals surface area contributed by atoms with Gasteiger partial charge in [-0.2, -0.15) is 0 Å². The summed E-state index contributed by atoms with van der Waals surface area (Å²) < 4.78 is 1.86. The first-order valence-electron chi connectivity index (χ1n) is 4.36. The van der Waals surface area contributed by atoms with Crippen LogP contribution in [0.5, 0.6) is 0 Å². The summed E-state index contributed by atoms with van der Waals surface area (Å²) in [4.78, 5) is 0. The van der Waals surface area contributed by atoms with Gasteiger partial charge in [-0.1, -0.05) is 0 Å². The first-order chi connectivity index (χ1) is 6.11. The minimum Gasteiger partial charge on any atom is -0.392 e. The van der Waals surface area contributed by atoms with Crippen LogP contribution in [0, 0.1) is 0 Å². The first-order valence-corrected chi connectivity index (χ1v) is 4.36. The second-order valence-electron chi connectivity index (χ2n) is 3.28. The number of hydrogen-bond acceptors (Lipinski definition) is 4. The highest BCUT2D eigenvalue weighted by molar-refractivity contribution is 4.91. The normalized spacial score (nSPS) is 15.7. The fraction of sp³-hybridized carbons (Fsp3) is 0.750. The van der Waals surface area contributed by atoms with E-state index in [1.165, 1.54) is 0 Å². The summed E-state index contributed by atoms with van der Waals surface area (Å²) in [6.45, 7) is 4.30. The highest BCUT2D eigenvalue weighted by Gasteiger charge is 2.10. The van der Waals surface area contributed by atoms with Crippen molar-refractivity contribution in [3.8, 4) is 0 Å². The largest absolute Gasteiger partial charge is 0.392 e. The Hall–Kier alpha value is -0.940. The molecule has 5 nitrogen and oxygen atoms in total. The average molecular weight is 184 g/mol. The fourth-order valence-electron chi connectivity index (χ4n) is 1.12. The lowest BCUT2D eigenvalue weighted by molar-refractivity contribution is 0.186. The Morgan fingerprint density at radius 2 is 2.31 bits per heavy atom. The molecule has 0 radical (unpaired) electrons. The van der Waals surface area contributed by atoms with E-state index < -0.39 is 0 Å². The first kappa shape index (κ1) is 10.1. The second-order valence-corrected chi connectivity index (χ2v) is 3.28. The van der Waals surface area contributed by atoms with Gasteiger partial charge >= 0.3 is 0 Å². The standard InChI is InChI=1S/C8H16N4O/c1-6(13)4-9-7(2)8-11-10-5-12(8)3/h5-7,9,13H,4H2,1-3H3/t6-,7?/m1/s1. The Morgan fingerprint density at radius 1 is 1.62 bits per heavy atom. The molecule has 74 valence electrons. The number of rotatable bonds is 4. The van der Waals surface area contributed by atoms with Gasteiger partial charge in [0.05, 0.1) is 12.1 Å². The van der Waals surface area contributed by atoms with E-state index in [9.17, 15) is 0 Å². The molecule has 0 spiro atoms. The molecule has 1 aromatic rings. The van der Waals surface area contributed by atoms with Crippen molar-refractivity contribution in [1.29, 1.82) is 0 Å². The van der Waals surface area contributed by atoms with E-state index in [0.717, 1.165) is 5.82 Å². The number of hydrogen-bond donors (Lipinski definition) is 2. The van der Waals surface area contributed by atoms with Crippen molar-refractivity contribution < 1.29 is 5.11 Å². The number of aromatic nitrogens is 3. The quantitative estimate of drug-likeness (QED) is 0.683. The second kappa shape index (κ2) is 4.34. The SMILES string of the molecule is CC(NC[C@@H](C)O)c1nncn1C. The van der Waals surface area contributed by atoms with Gasteiger partial charge in [0.2, 0.25) is 0 Å². The van der Waals surface area contributed by atoms with E-state index in [1.807, 2.05) is 18.5 Å². The van der Waals surface area contributed by atoms with Crippen LogP contribution in [0.2, 0.25) is 0 Å². The molecule has 0 aliphatic rings. The number of nitrogens with one attached hydrogen (secondary N) is 1. The molecule has 0 aromatic carbocycles. The van der Waals surface area contributed by atoms with Gasteiger partial charge in [-0.3, -0.25) is 0 Å². The van der Waals surface area contributed by atoms with E-state index in [0.29, 0.717) is 6.54 Å². The van der Waals surface area contributed by atoms with Crippen molar-refractivity contribution in [2.75, 3.05) is 6.54 Å². The van der Waals surface area contributed by atoms with E-state index in [-0.39, 0.29) is 12.1 Å². The molecule has 0 aliphatic carbocycles. The lowest BCUT2D eigenvalue weighted by Crippen LogP contribution is -2.28. The molecule has 1 unspecified atom stereocenters. The molecule has 1 aromatic heterocycles. The number of aliphatic hydroxyl groups excluding tert-OH is 1. The monoisotopic (exact) mass is 184 g/mol. The summed E-state index contributed by atoms with van der Waals surface area (Å²) in [5.74, 6) is 0.876. The zero-order chi connectivity index (χ0) is 9.84. The van der Waals surface area contributed by atoms with E-state index in [1.54, 1.807) is 13.3 Å². The maximum absolute atomic E-state index is 9.06. The summed E-state index contributed by atoms with van der Waals surface area (Å²) in [6.07, 6.45) is 1.33. The Labute approximate surface area is 77.8 Å². The third-order valence-electron chi connectivity index (χ3n) is 1.85. The van der Waals surface area contributed by atoms with Crippen LogP contribution in [0.4, 0.5) is 0 Å². The molecule has 5 heteroatoms. The molecular weight excluding hydrogens is 168 g/mol. The topological polar surface area (TPSA) is 63.0 Å². The summed E-state index contributed by atoms with van der Waals surface area (Å²) in [5.41, 5.74) is 0. The Bertz CT molecular complexity index is 258. The van der Waals surface area contributed by atoms with Crippen LogP contribution in [-0.2, 0) is 7.05 Å². The maximum atomic E-state index is 9.06. The van der Waals surface area contributed by atoms with Crippen LogP contribution in [0.15, 0.2) is 6.33 Å². The smallest absolute Gasteiger partial charge is 0.149 e. The third-order valence-corrected chi connectivity index (χ3v) is 1.85. The van der Waals surface area contributed by atoms with Gasteiger partial charge in [0.25, 0.3) is 0 Å². The van der Waals surface area contributed by atoms with E-state index >= 15 is 0 Å². The van der Waals surface area contributed by atoms with Gasteiger partial charge in [-0.25, -0.2) is 0 Å². The summed E-state index contributed by atoms with van der Waals surface area (Å²) >= 11 is 0. The Balaban J connectivity index is 2.49. The average Bonchev–Trinajstić information content (AvgIpc) is 2.47. The molecular formula is C8H16N4O. The summed E-state index contributed by atoms with van der Waals surface area (Å²) in [7, 11) is 1.90. The minimum atomic E-state index is -0.337. The molecule has 0 saturated heterocycles. The number of nitrogens with zero attached hydrogens (tertiary/aromatic N) is 3. The molecule has 0 bridgehead atoms. The highest BCUT2D eigenvalue weighted by Crippen LogP contribution is 2.06. The van der Waals surface area contributed by atoms with Gasteiger partial charge in [0, 0.05) is 13.6 Å². The van der Waals surface area contributed by atoms with Crippen molar-refractivity contribution in [1.82, 2.24) is 20.1 Å². The zero-order valence-electron chi connectivity index (χ0n) is 8.23. The minimum absolute atomic E-state index is 0.113. The van der Waals surface area contributed by atoms with Crippen molar-refractivity contribution in [2.45, 2.75) is 26.0 Å². The zero-order valence-corrected chi connectivity index (χ0v) is 8.23. The highest BCUT2D eigenvalue weighted by atomic mass is 16.3. The van der Waals surface area contributed by atoms with Crippen LogP contribution in [0.25, 0.3) is 0 Å². The molecule has 1 heterocycles. The molecule has 13 heavy (non-hydrogen) atoms. The molecule has 0 fully saturated rings. The van der Waals surface area contributed by atoms with Crippen LogP contribution < -0.4 is 5.32 Å². The van der Waals surface area contributed by atoms with Crippen molar-refractivity contribution >= 4 is 0 Å². The number of aliphatic hydroxyl groups is 1. The van der Waals surface area contributed by atoms with Crippen molar-refractivity contribution in [2.24, 2.45) is 7.05 Å². The van der Waals surface area contributed by atoms with Gasteiger partial charge in [-0.15, -0.1) is 10.2 Å². The Kier molecular flexibility index (Phi) is 3.39. The van der Waals surface area contributed by atoms with Gasteiger partial charge < -0.3 is 15.0 Å². The summed E-state index contributed by atoms with van der Waals surface area (Å²) in [5, 5.41) is 20.0. The summed E-state index contributed by atoms with van der Waals surface area (Å²) in [6, 6.07) is 0.113. The van der Waals surface area contributed by atoms with Crippen LogP contribution in [-0.4, -0.2) is 32.5 Å². The third kappa shape index (κ3) is 2.78. The van der Waals surface area contributed by atoms with Gasteiger partial charge in [0.1, 0.15) is 12.2 Å². The molecule has 2 N–H and O–H groups in total. The maximum Gasteiger partial charge on any atom is 0.149 e. The number of aryl methyl sites for hydroxylation is 1. The predicted octanol–water partition coefficient (Wildman–Crippen LogP) is -0.154. The molecule has 1 rings (SSSR count). The molecule has 2 atom stereocenters. The van der Waals surface area contributed by atoms with Gasteiger partial charge in [-0.05, 0) is 13.8 Å². The lowest BCUT2D eigenvalue weighted by Gasteiger charge is -2.13. The van der Waals surface area contributed by atoms with Crippen LogP contribution >= 0.6 is 0 Å². The predicted molar refractivity (Wildman–Crippen MR) is 49.1 cm³/mol. The molecule has 0 saturated carbocycles. The fourth-order valence-corrected chi connectivity index (χ4v) is 1.12. The molecule has 0 aliphatic heterocycles. The van der Waals surface area contributed by atoms with Crippen molar-refractivity contribution in [3.63, 3.8) is 0 Å². The van der Waals surface area contributed by atoms with E-state index in [4.69, 9.17) is 5.11 Å². The van der Waals surface area contributed by atoms with Crippen LogP contribution in [0.3, 0.4) is 0 Å². The Morgan fingerprint density at radius 3 is 2.77 bits per heavy atom. The lowest BCUT2D eigenvalue weighted by atomic mass is 10.3. The van der Waals surface area contributed by atoms with E-state index in [2.05, 4.69) is 15.5 Å². The van der Waals surface area contributed by atoms with Crippen LogP contribution in [0.1, 0.15) is 25.7 Å². The van der Waals surface area contributed by atoms with Crippen molar-refractivity contribution in [3.05, 3.63) is 12.2 Å². The molecule has 0 amide bonds.